The molecule has 1 aromatic rings. The van der Waals surface area contributed by atoms with Gasteiger partial charge in [0.05, 0.1) is 12.7 Å². The monoisotopic (exact) mass is 260 g/mol. The van der Waals surface area contributed by atoms with E-state index in [2.05, 4.69) is 44.3 Å². The molecule has 1 atom stereocenters. The fourth-order valence-electron chi connectivity index (χ4n) is 1.80. The van der Waals surface area contributed by atoms with E-state index in [9.17, 15) is 10.4 Å². The number of nitrogens with one attached hydrogen (secondary N) is 1. The van der Waals surface area contributed by atoms with E-state index >= 15 is 0 Å². The van der Waals surface area contributed by atoms with E-state index in [1.807, 2.05) is 26.0 Å². The molecular weight excluding hydrogens is 236 g/mol. The Bertz CT molecular complexity index is 449. The van der Waals surface area contributed by atoms with Crippen LogP contribution in [0.1, 0.15) is 51.8 Å². The van der Waals surface area contributed by atoms with Gasteiger partial charge in [-0.3, -0.25) is 5.32 Å². The second-order valence-corrected chi connectivity index (χ2v) is 6.62. The second-order valence-electron chi connectivity index (χ2n) is 6.62. The quantitative estimate of drug-likeness (QED) is 0.875. The molecule has 0 aliphatic heterocycles. The predicted octanol–water partition coefficient (Wildman–Crippen LogP) is 2.91. The number of hydrogen-bond acceptors (Lipinski definition) is 3. The third-order valence-electron chi connectivity index (χ3n) is 3.17. The van der Waals surface area contributed by atoms with Crippen molar-refractivity contribution in [1.82, 2.24) is 5.32 Å². The molecule has 0 amide bonds. The predicted molar refractivity (Wildman–Crippen MR) is 77.8 cm³/mol. The van der Waals surface area contributed by atoms with Crippen LogP contribution in [0.15, 0.2) is 24.3 Å². The van der Waals surface area contributed by atoms with E-state index in [4.69, 9.17) is 0 Å². The van der Waals surface area contributed by atoms with Crippen LogP contribution in [0.2, 0.25) is 0 Å². The van der Waals surface area contributed by atoms with E-state index in [1.165, 1.54) is 5.56 Å². The van der Waals surface area contributed by atoms with Crippen LogP contribution in [-0.2, 0) is 5.41 Å². The summed E-state index contributed by atoms with van der Waals surface area (Å²) in [5, 5.41) is 21.7. The topological polar surface area (TPSA) is 56.0 Å². The Labute approximate surface area is 116 Å². The molecule has 0 fully saturated rings. The Kier molecular flexibility index (Phi) is 4.73. The lowest BCUT2D eigenvalue weighted by atomic mass is 9.86. The summed E-state index contributed by atoms with van der Waals surface area (Å²) in [4.78, 5) is 0. The molecule has 1 aromatic carbocycles. The average molecular weight is 260 g/mol. The highest BCUT2D eigenvalue weighted by atomic mass is 16.3. The van der Waals surface area contributed by atoms with Crippen LogP contribution in [0.5, 0.6) is 0 Å². The summed E-state index contributed by atoms with van der Waals surface area (Å²) < 4.78 is 0. The molecule has 0 aromatic heterocycles. The van der Waals surface area contributed by atoms with Gasteiger partial charge in [0.25, 0.3) is 0 Å². The van der Waals surface area contributed by atoms with Crippen LogP contribution in [0.3, 0.4) is 0 Å². The van der Waals surface area contributed by atoms with Gasteiger partial charge in [0.1, 0.15) is 6.04 Å². The molecule has 0 spiro atoms. The minimum Gasteiger partial charge on any atom is -0.394 e. The highest BCUT2D eigenvalue weighted by molar-refractivity contribution is 5.31. The first-order chi connectivity index (χ1) is 8.69. The van der Waals surface area contributed by atoms with Crippen molar-refractivity contribution in [3.63, 3.8) is 0 Å². The number of benzene rings is 1. The van der Waals surface area contributed by atoms with Crippen LogP contribution >= 0.6 is 0 Å². The zero-order chi connectivity index (χ0) is 14.7. The number of rotatable bonds is 4. The van der Waals surface area contributed by atoms with Gasteiger partial charge in [0.2, 0.25) is 0 Å². The number of hydrogen-bond donors (Lipinski definition) is 2. The molecule has 0 saturated carbocycles. The molecule has 0 aliphatic carbocycles. The summed E-state index contributed by atoms with van der Waals surface area (Å²) in [6.07, 6.45) is 0. The average Bonchev–Trinajstić information content (AvgIpc) is 2.35. The Morgan fingerprint density at radius 2 is 1.68 bits per heavy atom. The second kappa shape index (κ2) is 5.73. The first-order valence-electron chi connectivity index (χ1n) is 6.58. The molecule has 3 nitrogen and oxygen atoms in total. The molecule has 0 heterocycles. The van der Waals surface area contributed by atoms with Crippen molar-refractivity contribution in [3.05, 3.63) is 35.4 Å². The Morgan fingerprint density at radius 1 is 1.16 bits per heavy atom. The highest BCUT2D eigenvalue weighted by Gasteiger charge is 2.22. The lowest BCUT2D eigenvalue weighted by molar-refractivity contribution is 0.182. The molecule has 0 radical (unpaired) electrons. The molecule has 19 heavy (non-hydrogen) atoms. The third kappa shape index (κ3) is 4.34. The fraction of sp³-hybridized carbons (Fsp3) is 0.562. The lowest BCUT2D eigenvalue weighted by Gasteiger charge is -2.27. The van der Waals surface area contributed by atoms with Crippen LogP contribution in [0.4, 0.5) is 0 Å². The molecule has 1 unspecified atom stereocenters. The first-order valence-corrected chi connectivity index (χ1v) is 6.58. The maximum absolute atomic E-state index is 9.27. The molecular formula is C16H24N2O. The van der Waals surface area contributed by atoms with E-state index in [-0.39, 0.29) is 12.0 Å². The molecule has 0 saturated heterocycles. The SMILES string of the molecule is CC(C)(CO)NC(C#N)c1ccc(C(C)(C)C)cc1. The van der Waals surface area contributed by atoms with Gasteiger partial charge in [0.15, 0.2) is 0 Å². The van der Waals surface area contributed by atoms with Crippen LogP contribution in [0.25, 0.3) is 0 Å². The normalized spacial score (nSPS) is 13.9. The van der Waals surface area contributed by atoms with E-state index < -0.39 is 11.6 Å². The summed E-state index contributed by atoms with van der Waals surface area (Å²) in [5.74, 6) is 0. The Balaban J connectivity index is 2.93. The summed E-state index contributed by atoms with van der Waals surface area (Å²) in [7, 11) is 0. The molecule has 1 rings (SSSR count). The summed E-state index contributed by atoms with van der Waals surface area (Å²) >= 11 is 0. The largest absolute Gasteiger partial charge is 0.394 e. The van der Waals surface area contributed by atoms with E-state index in [0.29, 0.717) is 0 Å². The number of nitriles is 1. The first kappa shape index (κ1) is 15.7. The zero-order valence-corrected chi connectivity index (χ0v) is 12.5. The number of nitrogens with zero attached hydrogens (tertiary/aromatic N) is 1. The van der Waals surface area contributed by atoms with Crippen molar-refractivity contribution in [3.8, 4) is 6.07 Å². The maximum Gasteiger partial charge on any atom is 0.121 e. The lowest BCUT2D eigenvalue weighted by Crippen LogP contribution is -2.44. The summed E-state index contributed by atoms with van der Waals surface area (Å²) in [6, 6.07) is 9.93. The van der Waals surface area contributed by atoms with Crippen LogP contribution in [-0.4, -0.2) is 17.3 Å². The molecule has 2 N–H and O–H groups in total. The van der Waals surface area contributed by atoms with Gasteiger partial charge in [-0.15, -0.1) is 0 Å². The fourth-order valence-corrected chi connectivity index (χ4v) is 1.80. The van der Waals surface area contributed by atoms with Gasteiger partial charge in [-0.05, 0) is 30.4 Å². The minimum absolute atomic E-state index is 0.00868. The van der Waals surface area contributed by atoms with Gasteiger partial charge >= 0.3 is 0 Å². The maximum atomic E-state index is 9.27. The van der Waals surface area contributed by atoms with Crippen LogP contribution < -0.4 is 5.32 Å². The smallest absolute Gasteiger partial charge is 0.121 e. The highest BCUT2D eigenvalue weighted by Crippen LogP contribution is 2.24. The minimum atomic E-state index is -0.469. The van der Waals surface area contributed by atoms with Gasteiger partial charge < -0.3 is 5.11 Å². The van der Waals surface area contributed by atoms with Gasteiger partial charge in [-0.2, -0.15) is 5.26 Å². The Hall–Kier alpha value is -1.37. The molecule has 3 heteroatoms. The standard InChI is InChI=1S/C16H24N2O/c1-15(2,3)13-8-6-12(7-9-13)14(10-17)18-16(4,5)11-19/h6-9,14,18-19H,11H2,1-5H3. The molecule has 104 valence electrons. The summed E-state index contributed by atoms with van der Waals surface area (Å²) in [5.41, 5.74) is 1.81. The van der Waals surface area contributed by atoms with E-state index in [1.54, 1.807) is 0 Å². The summed E-state index contributed by atoms with van der Waals surface area (Å²) in [6.45, 7) is 10.2. The third-order valence-corrected chi connectivity index (χ3v) is 3.17. The van der Waals surface area contributed by atoms with Crippen LogP contribution in [0, 0.1) is 11.3 Å². The number of aliphatic hydroxyl groups excluding tert-OH is 1. The van der Waals surface area contributed by atoms with Crippen molar-refractivity contribution < 1.29 is 5.11 Å². The molecule has 0 aliphatic rings. The molecule has 0 bridgehead atoms. The zero-order valence-electron chi connectivity index (χ0n) is 12.5. The van der Waals surface area contributed by atoms with E-state index in [0.717, 1.165) is 5.56 Å². The van der Waals surface area contributed by atoms with Crippen molar-refractivity contribution in [2.24, 2.45) is 0 Å². The van der Waals surface area contributed by atoms with Crippen molar-refractivity contribution >= 4 is 0 Å². The van der Waals surface area contributed by atoms with Crippen molar-refractivity contribution in [2.45, 2.75) is 51.6 Å². The van der Waals surface area contributed by atoms with Gasteiger partial charge in [-0.25, -0.2) is 0 Å². The Morgan fingerprint density at radius 3 is 2.05 bits per heavy atom. The number of aliphatic hydroxyl groups is 1. The van der Waals surface area contributed by atoms with Gasteiger partial charge in [-0.1, -0.05) is 45.0 Å². The van der Waals surface area contributed by atoms with Crippen molar-refractivity contribution in [2.75, 3.05) is 6.61 Å². The van der Waals surface area contributed by atoms with Crippen molar-refractivity contribution in [1.29, 1.82) is 5.26 Å². The van der Waals surface area contributed by atoms with Gasteiger partial charge in [0, 0.05) is 5.54 Å².